The zero-order valence-electron chi connectivity index (χ0n) is 14.0. The highest BCUT2D eigenvalue weighted by Crippen LogP contribution is 2.28. The number of carbonyl (C=O) groups is 2. The monoisotopic (exact) mass is 341 g/mol. The summed E-state index contributed by atoms with van der Waals surface area (Å²) in [6.07, 6.45) is 1.36. The van der Waals surface area contributed by atoms with Crippen LogP contribution in [0.5, 0.6) is 11.5 Å². The number of carbonyl (C=O) groups excluding carboxylic acids is 1. The summed E-state index contributed by atoms with van der Waals surface area (Å²) < 4.78 is 10.7. The molecular weight excluding hydrogens is 322 g/mol. The first-order valence-corrected chi connectivity index (χ1v) is 7.67. The highest BCUT2D eigenvalue weighted by atomic mass is 16.5. The van der Waals surface area contributed by atoms with Crippen LogP contribution in [-0.4, -0.2) is 30.7 Å². The Morgan fingerprint density at radius 1 is 1.12 bits per heavy atom. The topological polar surface area (TPSA) is 84.9 Å². The predicted molar refractivity (Wildman–Crippen MR) is 93.7 cm³/mol. The lowest BCUT2D eigenvalue weighted by Gasteiger charge is -2.10. The van der Waals surface area contributed by atoms with Gasteiger partial charge in [0.05, 0.1) is 13.7 Å². The van der Waals surface area contributed by atoms with Gasteiger partial charge in [-0.25, -0.2) is 4.79 Å². The number of rotatable bonds is 7. The fourth-order valence-electron chi connectivity index (χ4n) is 2.15. The van der Waals surface area contributed by atoms with Crippen molar-refractivity contribution in [2.45, 2.75) is 6.92 Å². The molecule has 0 heterocycles. The number of aliphatic carboxylic acids is 1. The van der Waals surface area contributed by atoms with Gasteiger partial charge in [0.25, 0.3) is 5.91 Å². The van der Waals surface area contributed by atoms with Gasteiger partial charge in [0.1, 0.15) is 5.70 Å². The van der Waals surface area contributed by atoms with Gasteiger partial charge < -0.3 is 19.9 Å². The zero-order chi connectivity index (χ0) is 18.2. The highest BCUT2D eigenvalue weighted by molar-refractivity contribution is 6.02. The van der Waals surface area contributed by atoms with Crippen molar-refractivity contribution in [2.24, 2.45) is 0 Å². The molecule has 2 aromatic rings. The fraction of sp³-hybridized carbons (Fsp3) is 0.158. The van der Waals surface area contributed by atoms with Gasteiger partial charge in [0, 0.05) is 5.56 Å². The van der Waals surface area contributed by atoms with Gasteiger partial charge in [-0.05, 0) is 42.8 Å². The normalized spacial score (nSPS) is 10.9. The molecule has 0 unspecified atom stereocenters. The van der Waals surface area contributed by atoms with Crippen molar-refractivity contribution in [1.29, 1.82) is 0 Å². The molecule has 0 aliphatic rings. The summed E-state index contributed by atoms with van der Waals surface area (Å²) in [5.74, 6) is -0.689. The standard InChI is InChI=1S/C19H19NO5/c1-3-25-16-10-9-13(12-17(16)24-2)11-15(19(22)23)20-18(21)14-7-5-4-6-8-14/h4-12H,3H2,1-2H3,(H,20,21)(H,22,23)/b15-11+. The van der Waals surface area contributed by atoms with Crippen LogP contribution in [0.25, 0.3) is 6.08 Å². The van der Waals surface area contributed by atoms with Gasteiger partial charge in [0.15, 0.2) is 11.5 Å². The van der Waals surface area contributed by atoms with Crippen LogP contribution in [0.2, 0.25) is 0 Å². The Kier molecular flexibility index (Phi) is 6.17. The van der Waals surface area contributed by atoms with E-state index in [4.69, 9.17) is 9.47 Å². The number of carboxylic acids is 1. The largest absolute Gasteiger partial charge is 0.493 e. The summed E-state index contributed by atoms with van der Waals surface area (Å²) in [7, 11) is 1.50. The Morgan fingerprint density at radius 3 is 2.44 bits per heavy atom. The van der Waals surface area contributed by atoms with Crippen LogP contribution < -0.4 is 14.8 Å². The summed E-state index contributed by atoms with van der Waals surface area (Å²) in [5.41, 5.74) is 0.699. The molecule has 130 valence electrons. The molecule has 2 rings (SSSR count). The average molecular weight is 341 g/mol. The molecule has 0 saturated heterocycles. The summed E-state index contributed by atoms with van der Waals surface area (Å²) in [5, 5.41) is 11.8. The second kappa shape index (κ2) is 8.54. The van der Waals surface area contributed by atoms with E-state index in [0.717, 1.165) is 0 Å². The fourth-order valence-corrected chi connectivity index (χ4v) is 2.15. The molecule has 0 aromatic heterocycles. The van der Waals surface area contributed by atoms with Crippen molar-refractivity contribution in [2.75, 3.05) is 13.7 Å². The minimum absolute atomic E-state index is 0.236. The van der Waals surface area contributed by atoms with Crippen LogP contribution in [0.3, 0.4) is 0 Å². The van der Waals surface area contributed by atoms with Crippen molar-refractivity contribution < 1.29 is 24.2 Å². The van der Waals surface area contributed by atoms with Crippen molar-refractivity contribution in [3.8, 4) is 11.5 Å². The third kappa shape index (κ3) is 4.84. The third-order valence-corrected chi connectivity index (χ3v) is 3.31. The average Bonchev–Trinajstić information content (AvgIpc) is 2.63. The third-order valence-electron chi connectivity index (χ3n) is 3.31. The second-order valence-corrected chi connectivity index (χ2v) is 5.03. The van der Waals surface area contributed by atoms with Crippen LogP contribution in [-0.2, 0) is 4.79 Å². The lowest BCUT2D eigenvalue weighted by molar-refractivity contribution is -0.132. The maximum Gasteiger partial charge on any atom is 0.352 e. The molecule has 0 radical (unpaired) electrons. The van der Waals surface area contributed by atoms with Crippen LogP contribution in [0.4, 0.5) is 0 Å². The number of nitrogens with one attached hydrogen (secondary N) is 1. The number of methoxy groups -OCH3 is 1. The maximum atomic E-state index is 12.2. The van der Waals surface area contributed by atoms with Gasteiger partial charge in [-0.15, -0.1) is 0 Å². The smallest absolute Gasteiger partial charge is 0.352 e. The summed E-state index contributed by atoms with van der Waals surface area (Å²) >= 11 is 0. The molecule has 0 fully saturated rings. The molecule has 2 N–H and O–H groups in total. The van der Waals surface area contributed by atoms with E-state index in [1.54, 1.807) is 48.5 Å². The van der Waals surface area contributed by atoms with Crippen molar-refractivity contribution in [1.82, 2.24) is 5.32 Å². The first-order chi connectivity index (χ1) is 12.0. The lowest BCUT2D eigenvalue weighted by Crippen LogP contribution is -2.27. The molecule has 0 aliphatic carbocycles. The van der Waals surface area contributed by atoms with Crippen molar-refractivity contribution >= 4 is 18.0 Å². The van der Waals surface area contributed by atoms with E-state index >= 15 is 0 Å². The molecule has 0 bridgehead atoms. The maximum absolute atomic E-state index is 12.2. The Bertz CT molecular complexity index is 784. The Hall–Kier alpha value is -3.28. The molecule has 6 heteroatoms. The van der Waals surface area contributed by atoms with Crippen molar-refractivity contribution in [3.05, 3.63) is 65.4 Å². The number of hydrogen-bond acceptors (Lipinski definition) is 4. The number of hydrogen-bond donors (Lipinski definition) is 2. The number of amides is 1. The summed E-state index contributed by atoms with van der Waals surface area (Å²) in [4.78, 5) is 23.6. The molecule has 25 heavy (non-hydrogen) atoms. The predicted octanol–water partition coefficient (Wildman–Crippen LogP) is 2.95. The SMILES string of the molecule is CCOc1ccc(/C=C(/NC(=O)c2ccccc2)C(=O)O)cc1OC. The quantitative estimate of drug-likeness (QED) is 0.756. The van der Waals surface area contributed by atoms with E-state index in [9.17, 15) is 14.7 Å². The lowest BCUT2D eigenvalue weighted by atomic mass is 10.1. The van der Waals surface area contributed by atoms with Crippen molar-refractivity contribution in [3.63, 3.8) is 0 Å². The minimum atomic E-state index is -1.24. The van der Waals surface area contributed by atoms with Gasteiger partial charge in [-0.1, -0.05) is 24.3 Å². The van der Waals surface area contributed by atoms with E-state index < -0.39 is 11.9 Å². The second-order valence-electron chi connectivity index (χ2n) is 5.03. The van der Waals surface area contributed by atoms with Crippen LogP contribution in [0.1, 0.15) is 22.8 Å². The van der Waals surface area contributed by atoms with E-state index in [0.29, 0.717) is 29.2 Å². The van der Waals surface area contributed by atoms with Crippen LogP contribution in [0.15, 0.2) is 54.2 Å². The number of carboxylic acid groups (broad SMARTS) is 1. The molecule has 0 atom stereocenters. The van der Waals surface area contributed by atoms with Gasteiger partial charge >= 0.3 is 5.97 Å². The van der Waals surface area contributed by atoms with E-state index in [-0.39, 0.29) is 5.70 Å². The number of ether oxygens (including phenoxy) is 2. The summed E-state index contributed by atoms with van der Waals surface area (Å²) in [6.45, 7) is 2.34. The van der Waals surface area contributed by atoms with E-state index in [2.05, 4.69) is 5.32 Å². The van der Waals surface area contributed by atoms with Gasteiger partial charge in [-0.2, -0.15) is 0 Å². The van der Waals surface area contributed by atoms with Gasteiger partial charge in [-0.3, -0.25) is 4.79 Å². The molecule has 2 aromatic carbocycles. The van der Waals surface area contributed by atoms with Crippen LogP contribution in [0, 0.1) is 0 Å². The number of benzene rings is 2. The molecular formula is C19H19NO5. The van der Waals surface area contributed by atoms with Crippen LogP contribution >= 0.6 is 0 Å². The molecule has 1 amide bonds. The van der Waals surface area contributed by atoms with E-state index in [1.807, 2.05) is 6.92 Å². The molecule has 0 aliphatic heterocycles. The Labute approximate surface area is 145 Å². The molecule has 0 spiro atoms. The molecule has 6 nitrogen and oxygen atoms in total. The van der Waals surface area contributed by atoms with E-state index in [1.165, 1.54) is 13.2 Å². The first-order valence-electron chi connectivity index (χ1n) is 7.67. The zero-order valence-corrected chi connectivity index (χ0v) is 14.0. The first kappa shape index (κ1) is 18.1. The Balaban J connectivity index is 2.28. The summed E-state index contributed by atoms with van der Waals surface area (Å²) in [6, 6.07) is 13.4. The molecule has 0 saturated carbocycles. The minimum Gasteiger partial charge on any atom is -0.493 e. The highest BCUT2D eigenvalue weighted by Gasteiger charge is 2.14. The van der Waals surface area contributed by atoms with Gasteiger partial charge in [0.2, 0.25) is 0 Å². The Morgan fingerprint density at radius 2 is 1.84 bits per heavy atom.